The lowest BCUT2D eigenvalue weighted by molar-refractivity contribution is -0.185. The Kier molecular flexibility index (Phi) is 5.29. The van der Waals surface area contributed by atoms with Crippen LogP contribution in [0.3, 0.4) is 0 Å². The van der Waals surface area contributed by atoms with Crippen LogP contribution in [0.15, 0.2) is 52.6 Å². The molecule has 0 bridgehead atoms. The zero-order valence-electron chi connectivity index (χ0n) is 13.5. The summed E-state index contributed by atoms with van der Waals surface area (Å²) in [7, 11) is 0. The molecule has 2 aromatic carbocycles. The molecule has 144 valence electrons. The van der Waals surface area contributed by atoms with Crippen LogP contribution >= 0.6 is 15.9 Å². The Balaban J connectivity index is 1.73. The quantitative estimate of drug-likeness (QED) is 0.687. The molecule has 5 nitrogen and oxygen atoms in total. The minimum atomic E-state index is -3.50. The molecular formula is C17H13BrF4N2O3. The highest BCUT2D eigenvalue weighted by molar-refractivity contribution is 9.10. The van der Waals surface area contributed by atoms with Gasteiger partial charge in [-0.1, -0.05) is 28.1 Å². The molecule has 0 radical (unpaired) electrons. The summed E-state index contributed by atoms with van der Waals surface area (Å²) in [6.45, 7) is -0.742. The van der Waals surface area contributed by atoms with Gasteiger partial charge in [0.05, 0.1) is 5.70 Å². The van der Waals surface area contributed by atoms with Gasteiger partial charge in [0, 0.05) is 10.5 Å². The standard InChI is InChI=1S/C17H13BrF4N2O3/c18-11-3-1-10-6-12(4-2-9(10)5-11)27-8-14(25)24-17(26,16(21)22)7-13(23-24)15(19)20/h1-7,15-16,23,26H,8H2. The van der Waals surface area contributed by atoms with E-state index in [1.54, 1.807) is 18.2 Å². The van der Waals surface area contributed by atoms with Gasteiger partial charge in [0.25, 0.3) is 18.8 Å². The normalized spacial score (nSPS) is 19.6. The number of nitrogens with one attached hydrogen (secondary N) is 1. The first-order valence-corrected chi connectivity index (χ1v) is 8.43. The summed E-state index contributed by atoms with van der Waals surface area (Å²) in [4.78, 5) is 12.2. The number of nitrogens with zero attached hydrogens (tertiary/aromatic N) is 1. The Labute approximate surface area is 159 Å². The third-order valence-electron chi connectivity index (χ3n) is 3.91. The molecule has 0 aliphatic carbocycles. The minimum absolute atomic E-state index is 0.0529. The lowest BCUT2D eigenvalue weighted by Crippen LogP contribution is -2.58. The molecule has 0 fully saturated rings. The van der Waals surface area contributed by atoms with Crippen molar-refractivity contribution in [1.29, 1.82) is 0 Å². The Morgan fingerprint density at radius 1 is 1.19 bits per heavy atom. The first-order valence-electron chi connectivity index (χ1n) is 7.64. The van der Waals surface area contributed by atoms with Gasteiger partial charge >= 0.3 is 0 Å². The maximum absolute atomic E-state index is 13.1. The average Bonchev–Trinajstić information content (AvgIpc) is 2.99. The Morgan fingerprint density at radius 3 is 2.52 bits per heavy atom. The lowest BCUT2D eigenvalue weighted by atomic mass is 10.1. The van der Waals surface area contributed by atoms with Crippen LogP contribution in [0.4, 0.5) is 17.6 Å². The van der Waals surface area contributed by atoms with Crippen molar-refractivity contribution >= 4 is 32.6 Å². The van der Waals surface area contributed by atoms with E-state index in [1.165, 1.54) is 0 Å². The predicted octanol–water partition coefficient (Wildman–Crippen LogP) is 3.43. The number of rotatable bonds is 5. The predicted molar refractivity (Wildman–Crippen MR) is 92.2 cm³/mol. The molecule has 0 saturated carbocycles. The van der Waals surface area contributed by atoms with E-state index in [0.29, 0.717) is 0 Å². The molecule has 0 aromatic heterocycles. The largest absolute Gasteiger partial charge is 0.484 e. The number of benzene rings is 2. The smallest absolute Gasteiger partial charge is 0.291 e. The number of hydrazine groups is 1. The van der Waals surface area contributed by atoms with E-state index in [-0.39, 0.29) is 16.8 Å². The highest BCUT2D eigenvalue weighted by atomic mass is 79.9. The van der Waals surface area contributed by atoms with Gasteiger partial charge in [0.2, 0.25) is 5.72 Å². The molecule has 27 heavy (non-hydrogen) atoms. The van der Waals surface area contributed by atoms with E-state index in [4.69, 9.17) is 4.74 Å². The first kappa shape index (κ1) is 19.4. The molecule has 2 aromatic rings. The number of alkyl halides is 4. The highest BCUT2D eigenvalue weighted by Gasteiger charge is 2.50. The van der Waals surface area contributed by atoms with Crippen LogP contribution < -0.4 is 10.2 Å². The number of carbonyl (C=O) groups excluding carboxylic acids is 1. The highest BCUT2D eigenvalue weighted by Crippen LogP contribution is 2.30. The van der Waals surface area contributed by atoms with Crippen molar-refractivity contribution in [1.82, 2.24) is 10.4 Å². The number of amides is 1. The van der Waals surface area contributed by atoms with Crippen molar-refractivity contribution in [3.63, 3.8) is 0 Å². The number of allylic oxidation sites excluding steroid dienone is 1. The van der Waals surface area contributed by atoms with Gasteiger partial charge in [-0.05, 0) is 35.0 Å². The molecule has 1 atom stereocenters. The van der Waals surface area contributed by atoms with Crippen molar-refractivity contribution in [2.45, 2.75) is 18.6 Å². The van der Waals surface area contributed by atoms with Crippen molar-refractivity contribution in [2.24, 2.45) is 0 Å². The molecule has 10 heteroatoms. The van der Waals surface area contributed by atoms with E-state index in [1.807, 2.05) is 23.6 Å². The molecule has 0 spiro atoms. The van der Waals surface area contributed by atoms with Gasteiger partial charge in [-0.15, -0.1) is 0 Å². The van der Waals surface area contributed by atoms with E-state index in [0.717, 1.165) is 15.2 Å². The Morgan fingerprint density at radius 2 is 1.85 bits per heavy atom. The van der Waals surface area contributed by atoms with Crippen LogP contribution in [-0.4, -0.2) is 41.2 Å². The van der Waals surface area contributed by atoms with Gasteiger partial charge in [0.1, 0.15) is 5.75 Å². The van der Waals surface area contributed by atoms with Crippen molar-refractivity contribution in [3.05, 3.63) is 52.6 Å². The molecule has 1 heterocycles. The monoisotopic (exact) mass is 448 g/mol. The number of hydrogen-bond donors (Lipinski definition) is 2. The third kappa shape index (κ3) is 3.86. The summed E-state index contributed by atoms with van der Waals surface area (Å²) >= 11 is 3.34. The summed E-state index contributed by atoms with van der Waals surface area (Å²) in [6, 6.07) is 10.4. The fourth-order valence-electron chi connectivity index (χ4n) is 2.57. The van der Waals surface area contributed by atoms with E-state index >= 15 is 0 Å². The number of ether oxygens (including phenoxy) is 1. The molecule has 0 saturated heterocycles. The molecule has 3 rings (SSSR count). The number of carbonyl (C=O) groups is 1. The molecular weight excluding hydrogens is 436 g/mol. The van der Waals surface area contributed by atoms with Gasteiger partial charge < -0.3 is 9.84 Å². The lowest BCUT2D eigenvalue weighted by Gasteiger charge is -2.31. The second-order valence-corrected chi connectivity index (χ2v) is 6.68. The zero-order valence-corrected chi connectivity index (χ0v) is 15.1. The minimum Gasteiger partial charge on any atom is -0.484 e. The van der Waals surface area contributed by atoms with Crippen LogP contribution in [0, 0.1) is 0 Å². The second kappa shape index (κ2) is 7.35. The summed E-state index contributed by atoms with van der Waals surface area (Å²) in [6.07, 6.45) is -6.42. The van der Waals surface area contributed by atoms with Crippen LogP contribution in [0.2, 0.25) is 0 Å². The van der Waals surface area contributed by atoms with E-state index in [2.05, 4.69) is 15.9 Å². The second-order valence-electron chi connectivity index (χ2n) is 5.77. The van der Waals surface area contributed by atoms with Crippen LogP contribution in [0.1, 0.15) is 0 Å². The van der Waals surface area contributed by atoms with Gasteiger partial charge in [-0.25, -0.2) is 22.6 Å². The average molecular weight is 449 g/mol. The van der Waals surface area contributed by atoms with Crippen molar-refractivity contribution < 1.29 is 32.2 Å². The molecule has 2 N–H and O–H groups in total. The van der Waals surface area contributed by atoms with Gasteiger partial charge in [0.15, 0.2) is 6.61 Å². The van der Waals surface area contributed by atoms with Crippen molar-refractivity contribution in [3.8, 4) is 5.75 Å². The van der Waals surface area contributed by atoms with Crippen LogP contribution in [-0.2, 0) is 4.79 Å². The number of aliphatic hydroxyl groups is 1. The first-order chi connectivity index (χ1) is 12.7. The molecule has 1 aliphatic rings. The van der Waals surface area contributed by atoms with Crippen LogP contribution in [0.25, 0.3) is 10.8 Å². The number of fused-ring (bicyclic) bond motifs is 1. The third-order valence-corrected chi connectivity index (χ3v) is 4.40. The SMILES string of the molecule is O=C(COc1ccc2cc(Br)ccc2c1)N1NC(C(F)F)=CC1(O)C(F)F. The van der Waals surface area contributed by atoms with Gasteiger partial charge in [-0.3, -0.25) is 10.2 Å². The Bertz CT molecular complexity index is 909. The summed E-state index contributed by atoms with van der Waals surface area (Å²) in [5.41, 5.74) is -2.35. The van der Waals surface area contributed by atoms with Crippen LogP contribution in [0.5, 0.6) is 5.75 Å². The Hall–Kier alpha value is -2.33. The summed E-state index contributed by atoms with van der Waals surface area (Å²) in [5, 5.41) is 11.7. The molecule has 1 aliphatic heterocycles. The summed E-state index contributed by atoms with van der Waals surface area (Å²) < 4.78 is 57.9. The zero-order chi connectivity index (χ0) is 19.8. The maximum atomic E-state index is 13.1. The van der Waals surface area contributed by atoms with Gasteiger partial charge in [-0.2, -0.15) is 0 Å². The van der Waals surface area contributed by atoms with E-state index < -0.39 is 36.8 Å². The topological polar surface area (TPSA) is 61.8 Å². The summed E-state index contributed by atoms with van der Waals surface area (Å²) in [5.74, 6) is -0.861. The fourth-order valence-corrected chi connectivity index (χ4v) is 2.95. The molecule has 1 unspecified atom stereocenters. The van der Waals surface area contributed by atoms with Crippen molar-refractivity contribution in [2.75, 3.05) is 6.61 Å². The fraction of sp³-hybridized carbons (Fsp3) is 0.235. The number of halogens is 5. The molecule has 1 amide bonds. The number of hydrogen-bond acceptors (Lipinski definition) is 4. The maximum Gasteiger partial charge on any atom is 0.291 e. The van der Waals surface area contributed by atoms with E-state index in [9.17, 15) is 27.5 Å².